The molecule has 37 heavy (non-hydrogen) atoms. The SMILES string of the molecule is O=S(=O)(c1ccc(O)c(O)c1CCCc1ccccc1)c1ccc(O)c(O)c1CCCc1ccccc1. The van der Waals surface area contributed by atoms with Crippen molar-refractivity contribution in [2.24, 2.45) is 0 Å². The zero-order valence-electron chi connectivity index (χ0n) is 20.3. The molecule has 0 aliphatic carbocycles. The molecule has 4 aromatic carbocycles. The molecule has 0 heterocycles. The second-order valence-electron chi connectivity index (χ2n) is 9.00. The van der Waals surface area contributed by atoms with Gasteiger partial charge < -0.3 is 20.4 Å². The first-order chi connectivity index (χ1) is 17.8. The van der Waals surface area contributed by atoms with Crippen LogP contribution in [0.3, 0.4) is 0 Å². The molecule has 0 amide bonds. The predicted molar refractivity (Wildman–Crippen MR) is 142 cm³/mol. The number of benzene rings is 4. The third-order valence-electron chi connectivity index (χ3n) is 6.49. The first kappa shape index (κ1) is 26.1. The van der Waals surface area contributed by atoms with E-state index in [1.54, 1.807) is 0 Å². The second-order valence-corrected chi connectivity index (χ2v) is 10.9. The Kier molecular flexibility index (Phi) is 8.04. The molecule has 0 aliphatic heterocycles. The highest BCUT2D eigenvalue weighted by molar-refractivity contribution is 7.91. The highest BCUT2D eigenvalue weighted by Gasteiger charge is 2.29. The van der Waals surface area contributed by atoms with Gasteiger partial charge in [-0.3, -0.25) is 0 Å². The maximum Gasteiger partial charge on any atom is 0.207 e. The molecule has 4 rings (SSSR count). The van der Waals surface area contributed by atoms with Gasteiger partial charge in [0.2, 0.25) is 9.84 Å². The van der Waals surface area contributed by atoms with Gasteiger partial charge in [-0.2, -0.15) is 0 Å². The topological polar surface area (TPSA) is 115 Å². The Hall–Kier alpha value is -3.97. The molecular weight excluding hydrogens is 488 g/mol. The lowest BCUT2D eigenvalue weighted by Gasteiger charge is -2.17. The summed E-state index contributed by atoms with van der Waals surface area (Å²) in [5, 5.41) is 41.5. The van der Waals surface area contributed by atoms with Gasteiger partial charge in [0, 0.05) is 11.1 Å². The number of rotatable bonds is 10. The summed E-state index contributed by atoms with van der Waals surface area (Å²) in [6, 6.07) is 24.3. The van der Waals surface area contributed by atoms with Crippen LogP contribution in [-0.4, -0.2) is 28.8 Å². The van der Waals surface area contributed by atoms with Crippen LogP contribution in [0.25, 0.3) is 0 Å². The molecule has 4 aromatic rings. The van der Waals surface area contributed by atoms with Gasteiger partial charge >= 0.3 is 0 Å². The third-order valence-corrected chi connectivity index (χ3v) is 8.41. The van der Waals surface area contributed by atoms with Gasteiger partial charge in [-0.15, -0.1) is 0 Å². The van der Waals surface area contributed by atoms with Crippen LogP contribution < -0.4 is 0 Å². The van der Waals surface area contributed by atoms with Crippen molar-refractivity contribution < 1.29 is 28.8 Å². The summed E-state index contributed by atoms with van der Waals surface area (Å²) in [6.07, 6.45) is 2.87. The highest BCUT2D eigenvalue weighted by Crippen LogP contribution is 2.41. The van der Waals surface area contributed by atoms with Crippen LogP contribution >= 0.6 is 0 Å². The molecule has 0 unspecified atom stereocenters. The van der Waals surface area contributed by atoms with E-state index in [-0.39, 0.29) is 33.8 Å². The fourth-order valence-electron chi connectivity index (χ4n) is 4.54. The van der Waals surface area contributed by atoms with E-state index in [1.807, 2.05) is 60.7 Å². The standard InChI is InChI=1S/C30H30O6S/c31-25-17-19-27(23(29(25)33)15-7-13-21-9-3-1-4-10-21)37(35,36)28-20-18-26(32)30(34)24(28)16-8-14-22-11-5-2-6-12-22/h1-6,9-12,17-20,31-34H,7-8,13-16H2. The fraction of sp³-hybridized carbons (Fsp3) is 0.200. The van der Waals surface area contributed by atoms with E-state index >= 15 is 0 Å². The van der Waals surface area contributed by atoms with Crippen molar-refractivity contribution in [2.75, 3.05) is 0 Å². The van der Waals surface area contributed by atoms with Gasteiger partial charge in [0.1, 0.15) is 0 Å². The van der Waals surface area contributed by atoms with Gasteiger partial charge in [-0.25, -0.2) is 8.42 Å². The van der Waals surface area contributed by atoms with Crippen molar-refractivity contribution >= 4 is 9.84 Å². The van der Waals surface area contributed by atoms with Gasteiger partial charge in [-0.1, -0.05) is 60.7 Å². The van der Waals surface area contributed by atoms with Gasteiger partial charge in [0.05, 0.1) is 9.79 Å². The van der Waals surface area contributed by atoms with Crippen molar-refractivity contribution in [3.63, 3.8) is 0 Å². The molecule has 0 aromatic heterocycles. The predicted octanol–water partition coefficient (Wildman–Crippen LogP) is 5.69. The average Bonchev–Trinajstić information content (AvgIpc) is 2.90. The summed E-state index contributed by atoms with van der Waals surface area (Å²) in [6.45, 7) is 0. The average molecular weight is 519 g/mol. The number of aryl methyl sites for hydroxylation is 2. The van der Waals surface area contributed by atoms with E-state index in [4.69, 9.17) is 0 Å². The maximum absolute atomic E-state index is 13.9. The molecule has 0 atom stereocenters. The van der Waals surface area contributed by atoms with E-state index in [2.05, 4.69) is 0 Å². The molecule has 0 spiro atoms. The highest BCUT2D eigenvalue weighted by atomic mass is 32.2. The van der Waals surface area contributed by atoms with Crippen molar-refractivity contribution in [3.05, 3.63) is 107 Å². The lowest BCUT2D eigenvalue weighted by molar-refractivity contribution is 0.395. The quantitative estimate of drug-likeness (QED) is 0.200. The minimum absolute atomic E-state index is 0.124. The first-order valence-corrected chi connectivity index (χ1v) is 13.7. The summed E-state index contributed by atoms with van der Waals surface area (Å²) in [7, 11) is -4.21. The van der Waals surface area contributed by atoms with Crippen LogP contribution in [0.15, 0.2) is 94.7 Å². The molecular formula is C30H30O6S. The molecule has 0 bridgehead atoms. The lowest BCUT2D eigenvalue weighted by atomic mass is 10.0. The zero-order chi connectivity index (χ0) is 26.4. The molecule has 7 heteroatoms. The van der Waals surface area contributed by atoms with Crippen molar-refractivity contribution in [1.29, 1.82) is 0 Å². The van der Waals surface area contributed by atoms with E-state index in [1.165, 1.54) is 12.1 Å². The van der Waals surface area contributed by atoms with Crippen LogP contribution in [0, 0.1) is 0 Å². The van der Waals surface area contributed by atoms with E-state index in [9.17, 15) is 28.8 Å². The lowest BCUT2D eigenvalue weighted by Crippen LogP contribution is -2.10. The number of aromatic hydroxyl groups is 4. The van der Waals surface area contributed by atoms with E-state index in [0.29, 0.717) is 25.7 Å². The van der Waals surface area contributed by atoms with Crippen LogP contribution in [-0.2, 0) is 35.5 Å². The normalized spacial score (nSPS) is 11.5. The van der Waals surface area contributed by atoms with Gasteiger partial charge in [0.15, 0.2) is 23.0 Å². The molecule has 0 aliphatic rings. The fourth-order valence-corrected chi connectivity index (χ4v) is 6.32. The number of phenolic OH excluding ortho intramolecular Hbond substituents is 4. The van der Waals surface area contributed by atoms with Crippen LogP contribution in [0.1, 0.15) is 35.1 Å². The number of hydrogen-bond donors (Lipinski definition) is 4. The number of sulfone groups is 1. The molecule has 0 radical (unpaired) electrons. The van der Waals surface area contributed by atoms with Gasteiger partial charge in [0.25, 0.3) is 0 Å². The Morgan fingerprint density at radius 3 is 1.24 bits per heavy atom. The Bertz CT molecular complexity index is 1360. The minimum atomic E-state index is -4.21. The first-order valence-electron chi connectivity index (χ1n) is 12.2. The Morgan fingerprint density at radius 2 is 0.865 bits per heavy atom. The molecule has 192 valence electrons. The van der Waals surface area contributed by atoms with E-state index < -0.39 is 32.8 Å². The number of hydrogen-bond acceptors (Lipinski definition) is 6. The van der Waals surface area contributed by atoms with Crippen LogP contribution in [0.4, 0.5) is 0 Å². The van der Waals surface area contributed by atoms with Crippen molar-refractivity contribution in [3.8, 4) is 23.0 Å². The molecule has 0 saturated carbocycles. The molecule has 4 N–H and O–H groups in total. The van der Waals surface area contributed by atoms with Crippen molar-refractivity contribution in [2.45, 2.75) is 48.3 Å². The van der Waals surface area contributed by atoms with E-state index in [0.717, 1.165) is 23.3 Å². The second kappa shape index (κ2) is 11.4. The van der Waals surface area contributed by atoms with Crippen molar-refractivity contribution in [1.82, 2.24) is 0 Å². The summed E-state index contributed by atoms with van der Waals surface area (Å²) in [4.78, 5) is -0.268. The summed E-state index contributed by atoms with van der Waals surface area (Å²) >= 11 is 0. The zero-order valence-corrected chi connectivity index (χ0v) is 21.2. The Labute approximate surface area is 217 Å². The summed E-state index contributed by atoms with van der Waals surface area (Å²) in [5.74, 6) is -1.74. The molecule has 0 saturated heterocycles. The number of phenols is 4. The summed E-state index contributed by atoms with van der Waals surface area (Å²) in [5.41, 5.74) is 2.41. The van der Waals surface area contributed by atoms with Gasteiger partial charge in [-0.05, 0) is 73.9 Å². The Balaban J connectivity index is 1.66. The van der Waals surface area contributed by atoms with Crippen LogP contribution in [0.2, 0.25) is 0 Å². The largest absolute Gasteiger partial charge is 0.504 e. The molecule has 0 fully saturated rings. The smallest absolute Gasteiger partial charge is 0.207 e. The summed E-state index contributed by atoms with van der Waals surface area (Å²) < 4.78 is 27.8. The molecule has 6 nitrogen and oxygen atoms in total. The minimum Gasteiger partial charge on any atom is -0.504 e. The van der Waals surface area contributed by atoms with Crippen LogP contribution in [0.5, 0.6) is 23.0 Å². The maximum atomic E-state index is 13.9. The Morgan fingerprint density at radius 1 is 0.486 bits per heavy atom. The monoisotopic (exact) mass is 518 g/mol. The third kappa shape index (κ3) is 5.89.